The third kappa shape index (κ3) is 3.54. The first-order chi connectivity index (χ1) is 13.3. The van der Waals surface area contributed by atoms with Gasteiger partial charge in [0.15, 0.2) is 5.84 Å². The van der Waals surface area contributed by atoms with E-state index in [0.29, 0.717) is 28.6 Å². The van der Waals surface area contributed by atoms with Crippen LogP contribution in [0.4, 0.5) is 19.0 Å². The van der Waals surface area contributed by atoms with Crippen molar-refractivity contribution in [3.05, 3.63) is 53.6 Å². The van der Waals surface area contributed by atoms with E-state index in [2.05, 4.69) is 10.1 Å². The van der Waals surface area contributed by atoms with Crippen molar-refractivity contribution >= 4 is 34.5 Å². The van der Waals surface area contributed by atoms with E-state index in [1.54, 1.807) is 24.3 Å². The molecule has 0 saturated carbocycles. The van der Waals surface area contributed by atoms with E-state index in [-0.39, 0.29) is 22.1 Å². The number of hydrazone groups is 1. The third-order valence-electron chi connectivity index (χ3n) is 4.05. The molecule has 3 aromatic rings. The molecule has 0 bridgehead atoms. The van der Waals surface area contributed by atoms with Gasteiger partial charge in [0.2, 0.25) is 0 Å². The predicted octanol–water partition coefficient (Wildman–Crippen LogP) is 2.55. The highest BCUT2D eigenvalue weighted by molar-refractivity contribution is 7.97. The number of benzene rings is 2. The van der Waals surface area contributed by atoms with Gasteiger partial charge in [0.05, 0.1) is 11.1 Å². The number of para-hydroxylation sites is 1. The highest BCUT2D eigenvalue weighted by atomic mass is 32.2. The second kappa shape index (κ2) is 7.54. The molecule has 11 heteroatoms. The van der Waals surface area contributed by atoms with Crippen molar-refractivity contribution in [1.82, 2.24) is 10.5 Å². The van der Waals surface area contributed by atoms with Crippen LogP contribution in [0.15, 0.2) is 52.5 Å². The second-order valence-corrected chi connectivity index (χ2v) is 6.36. The first-order valence-electron chi connectivity index (χ1n) is 7.83. The summed E-state index contributed by atoms with van der Waals surface area (Å²) >= 11 is 0.426. The number of halogens is 3. The Bertz CT molecular complexity index is 1070. The molecule has 0 aliphatic rings. The summed E-state index contributed by atoms with van der Waals surface area (Å²) in [4.78, 5) is 4.05. The Morgan fingerprint density at radius 1 is 1.07 bits per heavy atom. The monoisotopic (exact) mass is 407 g/mol. The SMILES string of the molecule is NN/N=C(\N)c1c(-c2cccc3ccc(N)nc23)ccc(C(F)(F)F)c1SN. The number of alkyl halides is 3. The number of hydrogen-bond acceptors (Lipinski definition) is 7. The topological polar surface area (TPSA) is 141 Å². The maximum absolute atomic E-state index is 13.5. The zero-order valence-corrected chi connectivity index (χ0v) is 15.1. The summed E-state index contributed by atoms with van der Waals surface area (Å²) in [5.74, 6) is 5.19. The number of nitrogens with two attached hydrogens (primary N) is 4. The molecule has 0 radical (unpaired) electrons. The lowest BCUT2D eigenvalue weighted by Crippen LogP contribution is -2.25. The number of rotatable bonds is 4. The quantitative estimate of drug-likeness (QED) is 0.147. The molecule has 1 aromatic heterocycles. The summed E-state index contributed by atoms with van der Waals surface area (Å²) in [6, 6.07) is 10.9. The number of amidine groups is 1. The lowest BCUT2D eigenvalue weighted by molar-refractivity contribution is -0.139. The number of hydrogen-bond donors (Lipinski definition) is 5. The van der Waals surface area contributed by atoms with Crippen LogP contribution in [0.5, 0.6) is 0 Å². The van der Waals surface area contributed by atoms with Crippen molar-refractivity contribution in [3.8, 4) is 11.1 Å². The number of nitrogen functional groups attached to an aromatic ring is 1. The Hall–Kier alpha value is -3.02. The Balaban J connectivity index is 2.43. The van der Waals surface area contributed by atoms with E-state index in [4.69, 9.17) is 22.4 Å². The molecule has 9 N–H and O–H groups in total. The first kappa shape index (κ1) is 19.7. The first-order valence-corrected chi connectivity index (χ1v) is 8.71. The maximum atomic E-state index is 13.5. The van der Waals surface area contributed by atoms with Gasteiger partial charge < -0.3 is 11.5 Å². The third-order valence-corrected chi connectivity index (χ3v) is 4.71. The summed E-state index contributed by atoms with van der Waals surface area (Å²) in [6.45, 7) is 0. The Morgan fingerprint density at radius 2 is 1.82 bits per heavy atom. The lowest BCUT2D eigenvalue weighted by atomic mass is 9.94. The fourth-order valence-electron chi connectivity index (χ4n) is 2.91. The Labute approximate surface area is 162 Å². The lowest BCUT2D eigenvalue weighted by Gasteiger charge is -2.19. The average Bonchev–Trinajstić information content (AvgIpc) is 2.65. The molecule has 0 aliphatic heterocycles. The van der Waals surface area contributed by atoms with Gasteiger partial charge in [0.1, 0.15) is 5.82 Å². The molecule has 3 rings (SSSR count). The van der Waals surface area contributed by atoms with Gasteiger partial charge in [0.25, 0.3) is 0 Å². The van der Waals surface area contributed by atoms with Gasteiger partial charge in [-0.3, -0.25) is 5.14 Å². The minimum Gasteiger partial charge on any atom is -0.384 e. The molecular formula is C17H16F3N7S. The van der Waals surface area contributed by atoms with Crippen molar-refractivity contribution in [2.24, 2.45) is 21.8 Å². The van der Waals surface area contributed by atoms with E-state index in [1.807, 2.05) is 11.6 Å². The molecule has 0 amide bonds. The largest absolute Gasteiger partial charge is 0.417 e. The number of fused-ring (bicyclic) bond motifs is 1. The van der Waals surface area contributed by atoms with E-state index >= 15 is 0 Å². The number of aromatic nitrogens is 1. The van der Waals surface area contributed by atoms with Crippen molar-refractivity contribution in [3.63, 3.8) is 0 Å². The minimum atomic E-state index is -4.63. The van der Waals surface area contributed by atoms with E-state index in [0.717, 1.165) is 11.5 Å². The van der Waals surface area contributed by atoms with Crippen molar-refractivity contribution in [2.45, 2.75) is 11.1 Å². The zero-order valence-electron chi connectivity index (χ0n) is 14.3. The summed E-state index contributed by atoms with van der Waals surface area (Å²) in [5, 5.41) is 9.99. The summed E-state index contributed by atoms with van der Waals surface area (Å²) in [5.41, 5.74) is 14.2. The maximum Gasteiger partial charge on any atom is 0.417 e. The summed E-state index contributed by atoms with van der Waals surface area (Å²) in [6.07, 6.45) is -4.63. The van der Waals surface area contributed by atoms with Crippen molar-refractivity contribution < 1.29 is 13.2 Å². The second-order valence-electron chi connectivity index (χ2n) is 5.72. The van der Waals surface area contributed by atoms with Crippen LogP contribution in [0.3, 0.4) is 0 Å². The fourth-order valence-corrected chi connectivity index (χ4v) is 3.56. The molecule has 0 fully saturated rings. The van der Waals surface area contributed by atoms with Crippen LogP contribution < -0.4 is 28.0 Å². The van der Waals surface area contributed by atoms with E-state index in [9.17, 15) is 13.2 Å². The molecule has 0 saturated heterocycles. The van der Waals surface area contributed by atoms with Crippen LogP contribution in [-0.4, -0.2) is 10.8 Å². The highest BCUT2D eigenvalue weighted by Gasteiger charge is 2.36. The molecule has 0 spiro atoms. The number of hydrazine groups is 1. The van der Waals surface area contributed by atoms with Gasteiger partial charge >= 0.3 is 6.18 Å². The van der Waals surface area contributed by atoms with Gasteiger partial charge in [-0.25, -0.2) is 16.4 Å². The van der Waals surface area contributed by atoms with Crippen LogP contribution in [0.1, 0.15) is 11.1 Å². The van der Waals surface area contributed by atoms with Crippen LogP contribution in [0.25, 0.3) is 22.0 Å². The number of nitrogens with one attached hydrogen (secondary N) is 1. The molecular weight excluding hydrogens is 391 g/mol. The van der Waals surface area contributed by atoms with Crippen molar-refractivity contribution in [1.29, 1.82) is 0 Å². The van der Waals surface area contributed by atoms with Gasteiger partial charge in [-0.15, -0.1) is 5.10 Å². The smallest absolute Gasteiger partial charge is 0.384 e. The number of pyridine rings is 1. The van der Waals surface area contributed by atoms with Crippen molar-refractivity contribution in [2.75, 3.05) is 5.73 Å². The summed E-state index contributed by atoms with van der Waals surface area (Å²) in [7, 11) is 0. The Kier molecular flexibility index (Phi) is 5.31. The molecule has 28 heavy (non-hydrogen) atoms. The molecule has 2 aromatic carbocycles. The molecule has 0 aliphatic carbocycles. The fraction of sp³-hybridized carbons (Fsp3) is 0.0588. The molecule has 0 atom stereocenters. The predicted molar refractivity (Wildman–Crippen MR) is 105 cm³/mol. The zero-order chi connectivity index (χ0) is 20.5. The highest BCUT2D eigenvalue weighted by Crippen LogP contribution is 2.41. The number of nitrogens with zero attached hydrogens (tertiary/aromatic N) is 2. The van der Waals surface area contributed by atoms with Gasteiger partial charge in [-0.2, -0.15) is 13.2 Å². The standard InChI is InChI=1S/C17H16F3N7S/c18-17(19,20)11-6-5-9(13(15(11)28-24)16(22)26-27-23)10-3-1-2-8-4-7-12(21)25-14(8)10/h1-7,27H,23-24H2,(H2,21,25)(H2,22,26). The van der Waals surface area contributed by atoms with E-state index < -0.39 is 11.7 Å². The van der Waals surface area contributed by atoms with Gasteiger partial charge in [0, 0.05) is 21.4 Å². The normalized spacial score (nSPS) is 12.4. The molecule has 7 nitrogen and oxygen atoms in total. The average molecular weight is 407 g/mol. The Morgan fingerprint density at radius 3 is 2.46 bits per heavy atom. The van der Waals surface area contributed by atoms with Crippen LogP contribution in [0.2, 0.25) is 0 Å². The molecule has 1 heterocycles. The van der Waals surface area contributed by atoms with Gasteiger partial charge in [-0.1, -0.05) is 24.3 Å². The van der Waals surface area contributed by atoms with Crippen LogP contribution in [-0.2, 0) is 6.18 Å². The molecule has 0 unspecified atom stereocenters. The number of anilines is 1. The van der Waals surface area contributed by atoms with Gasteiger partial charge in [-0.05, 0) is 35.7 Å². The minimum absolute atomic E-state index is 0.00278. The van der Waals surface area contributed by atoms with Crippen LogP contribution in [0, 0.1) is 0 Å². The molecule has 146 valence electrons. The van der Waals surface area contributed by atoms with Crippen LogP contribution >= 0.6 is 11.9 Å². The summed E-state index contributed by atoms with van der Waals surface area (Å²) < 4.78 is 40.5. The van der Waals surface area contributed by atoms with E-state index in [1.165, 1.54) is 6.07 Å².